The molecule has 124 valence electrons. The number of esters is 1. The minimum Gasteiger partial charge on any atom is -0.462 e. The minimum atomic E-state index is -1.04. The van der Waals surface area contributed by atoms with Crippen LogP contribution in [0.1, 0.15) is 6.92 Å². The third kappa shape index (κ3) is 2.08. The molecule has 1 aromatic rings. The number of nitrogens with zero attached hydrogens (tertiary/aromatic N) is 1. The second-order valence-corrected chi connectivity index (χ2v) is 7.08. The second-order valence-electron chi connectivity index (χ2n) is 6.17. The number of benzene rings is 1. The van der Waals surface area contributed by atoms with Gasteiger partial charge in [-0.25, -0.2) is 4.90 Å². The van der Waals surface area contributed by atoms with E-state index in [2.05, 4.69) is 15.9 Å². The highest BCUT2D eigenvalue weighted by atomic mass is 79.9. The van der Waals surface area contributed by atoms with Crippen LogP contribution < -0.4 is 4.90 Å². The van der Waals surface area contributed by atoms with Crippen molar-refractivity contribution in [2.45, 2.75) is 18.6 Å². The molecule has 3 aliphatic rings. The molecule has 7 heteroatoms. The first-order valence-corrected chi connectivity index (χ1v) is 8.36. The third-order valence-corrected chi connectivity index (χ3v) is 5.27. The molecule has 0 N–H and O–H groups in total. The standard InChI is InChI=1S/C17H14BrNO5/c1-9(20)23-8-17-7-6-12(24-17)13-14(17)16(22)19(15(13)21)11-4-2-10(18)3-5-11/h2-7,12-14H,8H2,1H3/t12-,13-,14+,17-/m1/s1. The molecule has 24 heavy (non-hydrogen) atoms. The lowest BCUT2D eigenvalue weighted by molar-refractivity contribution is -0.150. The van der Waals surface area contributed by atoms with Crippen molar-refractivity contribution in [2.75, 3.05) is 11.5 Å². The number of ether oxygens (including phenoxy) is 2. The first-order valence-electron chi connectivity index (χ1n) is 7.57. The van der Waals surface area contributed by atoms with Gasteiger partial charge in [0.25, 0.3) is 0 Å². The van der Waals surface area contributed by atoms with Crippen molar-refractivity contribution in [1.82, 2.24) is 0 Å². The van der Waals surface area contributed by atoms with Gasteiger partial charge in [0, 0.05) is 11.4 Å². The number of halogens is 1. The summed E-state index contributed by atoms with van der Waals surface area (Å²) in [6.07, 6.45) is 3.07. The van der Waals surface area contributed by atoms with E-state index in [-0.39, 0.29) is 18.4 Å². The quantitative estimate of drug-likeness (QED) is 0.446. The molecular weight excluding hydrogens is 378 g/mol. The lowest BCUT2D eigenvalue weighted by Gasteiger charge is -2.28. The molecule has 2 fully saturated rings. The van der Waals surface area contributed by atoms with E-state index in [1.807, 2.05) is 0 Å². The van der Waals surface area contributed by atoms with Gasteiger partial charge in [0.15, 0.2) is 0 Å². The Bertz CT molecular complexity index is 774. The van der Waals surface area contributed by atoms with Gasteiger partial charge < -0.3 is 9.47 Å². The van der Waals surface area contributed by atoms with Crippen LogP contribution in [-0.2, 0) is 23.9 Å². The summed E-state index contributed by atoms with van der Waals surface area (Å²) in [5.41, 5.74) is -0.512. The van der Waals surface area contributed by atoms with Gasteiger partial charge in [-0.05, 0) is 30.3 Å². The molecular formula is C17H14BrNO5. The molecule has 6 nitrogen and oxygen atoms in total. The highest BCUT2D eigenvalue weighted by Crippen LogP contribution is 2.52. The number of rotatable bonds is 3. The molecule has 2 amide bonds. The second kappa shape index (κ2) is 5.26. The van der Waals surface area contributed by atoms with E-state index in [1.165, 1.54) is 11.8 Å². The van der Waals surface area contributed by atoms with Crippen LogP contribution in [0.25, 0.3) is 0 Å². The van der Waals surface area contributed by atoms with E-state index in [0.29, 0.717) is 5.69 Å². The maximum atomic E-state index is 13.0. The first-order chi connectivity index (χ1) is 11.4. The molecule has 0 radical (unpaired) electrons. The highest BCUT2D eigenvalue weighted by Gasteiger charge is 2.68. The number of fused-ring (bicyclic) bond motifs is 5. The van der Waals surface area contributed by atoms with E-state index >= 15 is 0 Å². The molecule has 4 rings (SSSR count). The predicted molar refractivity (Wildman–Crippen MR) is 87.0 cm³/mol. The maximum Gasteiger partial charge on any atom is 0.302 e. The molecule has 0 saturated carbocycles. The zero-order valence-electron chi connectivity index (χ0n) is 12.8. The van der Waals surface area contributed by atoms with Gasteiger partial charge in [-0.15, -0.1) is 0 Å². The van der Waals surface area contributed by atoms with Gasteiger partial charge in [0.2, 0.25) is 11.8 Å². The number of carbonyl (C=O) groups is 3. The number of amides is 2. The van der Waals surface area contributed by atoms with Gasteiger partial charge in [-0.1, -0.05) is 22.0 Å². The highest BCUT2D eigenvalue weighted by molar-refractivity contribution is 9.10. The summed E-state index contributed by atoms with van der Waals surface area (Å²) in [6, 6.07) is 7.00. The van der Waals surface area contributed by atoms with Crippen molar-refractivity contribution in [3.05, 3.63) is 40.9 Å². The van der Waals surface area contributed by atoms with Crippen molar-refractivity contribution in [3.63, 3.8) is 0 Å². The fourth-order valence-electron chi connectivity index (χ4n) is 3.73. The summed E-state index contributed by atoms with van der Waals surface area (Å²) in [6.45, 7) is 1.23. The van der Waals surface area contributed by atoms with Crippen LogP contribution in [0.3, 0.4) is 0 Å². The van der Waals surface area contributed by atoms with Crippen LogP contribution in [0.4, 0.5) is 5.69 Å². The average Bonchev–Trinajstić information content (AvgIpc) is 3.18. The van der Waals surface area contributed by atoms with E-state index in [4.69, 9.17) is 9.47 Å². The number of anilines is 1. The average molecular weight is 392 g/mol. The normalized spacial score (nSPS) is 33.2. The van der Waals surface area contributed by atoms with Crippen LogP contribution in [-0.4, -0.2) is 36.1 Å². The summed E-state index contributed by atoms with van der Waals surface area (Å²) in [5.74, 6) is -2.27. The molecule has 2 bridgehead atoms. The SMILES string of the molecule is CC(=O)OC[C@@]12C=C[C@@H](O1)[C@H]1C(=O)N(c3ccc(Br)cc3)C(=O)[C@H]12. The van der Waals surface area contributed by atoms with E-state index in [0.717, 1.165) is 4.47 Å². The van der Waals surface area contributed by atoms with E-state index in [1.54, 1.807) is 36.4 Å². The van der Waals surface area contributed by atoms with Crippen LogP contribution in [0.5, 0.6) is 0 Å². The fraction of sp³-hybridized carbons (Fsp3) is 0.353. The topological polar surface area (TPSA) is 72.9 Å². The van der Waals surface area contributed by atoms with Crippen molar-refractivity contribution in [1.29, 1.82) is 0 Å². The van der Waals surface area contributed by atoms with E-state index < -0.39 is 29.5 Å². The molecule has 4 atom stereocenters. The maximum absolute atomic E-state index is 13.0. The Morgan fingerprint density at radius 1 is 1.29 bits per heavy atom. The monoisotopic (exact) mass is 391 g/mol. The molecule has 3 aliphatic heterocycles. The lowest BCUT2D eigenvalue weighted by Crippen LogP contribution is -2.44. The largest absolute Gasteiger partial charge is 0.462 e. The van der Waals surface area contributed by atoms with Gasteiger partial charge >= 0.3 is 5.97 Å². The Hall–Kier alpha value is -1.99. The molecule has 3 heterocycles. The molecule has 0 unspecified atom stereocenters. The Balaban J connectivity index is 1.69. The van der Waals surface area contributed by atoms with Crippen molar-refractivity contribution in [2.24, 2.45) is 11.8 Å². The van der Waals surface area contributed by atoms with Crippen molar-refractivity contribution >= 4 is 39.4 Å². The van der Waals surface area contributed by atoms with E-state index in [9.17, 15) is 14.4 Å². The number of carbonyl (C=O) groups excluding carboxylic acids is 3. The van der Waals surface area contributed by atoms with Gasteiger partial charge in [0.05, 0.1) is 23.6 Å². The smallest absolute Gasteiger partial charge is 0.302 e. The van der Waals surface area contributed by atoms with Crippen molar-refractivity contribution < 1.29 is 23.9 Å². The first kappa shape index (κ1) is 15.5. The minimum absolute atomic E-state index is 0.0658. The number of hydrogen-bond donors (Lipinski definition) is 0. The molecule has 0 aromatic heterocycles. The molecule has 0 spiro atoms. The summed E-state index contributed by atoms with van der Waals surface area (Å²) in [4.78, 5) is 38.2. The molecule has 2 saturated heterocycles. The zero-order valence-corrected chi connectivity index (χ0v) is 14.4. The van der Waals surface area contributed by atoms with Gasteiger partial charge in [-0.3, -0.25) is 14.4 Å². The van der Waals surface area contributed by atoms with Crippen LogP contribution in [0, 0.1) is 11.8 Å². The van der Waals surface area contributed by atoms with Crippen LogP contribution in [0.15, 0.2) is 40.9 Å². The van der Waals surface area contributed by atoms with Gasteiger partial charge in [-0.2, -0.15) is 0 Å². The Morgan fingerprint density at radius 3 is 2.67 bits per heavy atom. The number of imide groups is 1. The zero-order chi connectivity index (χ0) is 17.1. The van der Waals surface area contributed by atoms with Crippen LogP contribution >= 0.6 is 15.9 Å². The molecule has 0 aliphatic carbocycles. The van der Waals surface area contributed by atoms with Crippen molar-refractivity contribution in [3.8, 4) is 0 Å². The third-order valence-electron chi connectivity index (χ3n) is 4.74. The van der Waals surface area contributed by atoms with Crippen LogP contribution in [0.2, 0.25) is 0 Å². The predicted octanol–water partition coefficient (Wildman–Crippen LogP) is 1.83. The van der Waals surface area contributed by atoms with Gasteiger partial charge in [0.1, 0.15) is 12.2 Å². The summed E-state index contributed by atoms with van der Waals surface area (Å²) >= 11 is 3.34. The summed E-state index contributed by atoms with van der Waals surface area (Å²) in [5, 5.41) is 0. The fourth-order valence-corrected chi connectivity index (χ4v) is 3.99. The summed E-state index contributed by atoms with van der Waals surface area (Å²) < 4.78 is 11.8. The Morgan fingerprint density at radius 2 is 2.00 bits per heavy atom. The summed E-state index contributed by atoms with van der Waals surface area (Å²) in [7, 11) is 0. The molecule has 1 aromatic carbocycles. The Kier molecular flexibility index (Phi) is 3.40. The Labute approximate surface area is 146 Å². The number of hydrogen-bond acceptors (Lipinski definition) is 5. The lowest BCUT2D eigenvalue weighted by atomic mass is 9.77.